The minimum atomic E-state index is -0.436. The van der Waals surface area contributed by atoms with Gasteiger partial charge in [-0.05, 0) is 38.0 Å². The van der Waals surface area contributed by atoms with Gasteiger partial charge >= 0.3 is 0 Å². The van der Waals surface area contributed by atoms with E-state index in [0.29, 0.717) is 34.8 Å². The molecule has 4 heterocycles. The minimum Gasteiger partial charge on any atom is -0.423 e. The molecule has 1 aromatic carbocycles. The van der Waals surface area contributed by atoms with Gasteiger partial charge < -0.3 is 20.2 Å². The van der Waals surface area contributed by atoms with E-state index in [9.17, 15) is 9.90 Å². The fourth-order valence-corrected chi connectivity index (χ4v) is 4.35. The van der Waals surface area contributed by atoms with E-state index >= 15 is 0 Å². The maximum absolute atomic E-state index is 13.0. The highest BCUT2D eigenvalue weighted by molar-refractivity contribution is 5.77. The topological polar surface area (TPSA) is 149 Å². The summed E-state index contributed by atoms with van der Waals surface area (Å²) in [6, 6.07) is 12.6. The number of rotatable bonds is 10. The Kier molecular flexibility index (Phi) is 7.13. The van der Waals surface area contributed by atoms with Gasteiger partial charge in [0.25, 0.3) is 11.4 Å². The van der Waals surface area contributed by atoms with E-state index in [1.54, 1.807) is 23.0 Å². The average Bonchev–Trinajstić information content (AvgIpc) is 3.55. The van der Waals surface area contributed by atoms with Crippen LogP contribution in [0.15, 0.2) is 64.3 Å². The van der Waals surface area contributed by atoms with E-state index < -0.39 is 6.04 Å². The Balaban J connectivity index is 1.52. The SMILES string of the molecule is CCCn1c(=O)c2ccc(Nc3ncc(-c4nnco4)c(N[C@H](CO)c4ccccc4)n3)nc2n1C(C)C. The van der Waals surface area contributed by atoms with Crippen molar-refractivity contribution in [3.05, 3.63) is 71.0 Å². The maximum Gasteiger partial charge on any atom is 0.276 e. The number of benzene rings is 1. The molecule has 12 nitrogen and oxygen atoms in total. The predicted molar refractivity (Wildman–Crippen MR) is 143 cm³/mol. The number of hydrogen-bond acceptors (Lipinski definition) is 10. The van der Waals surface area contributed by atoms with Crippen LogP contribution in [-0.4, -0.2) is 46.2 Å². The highest BCUT2D eigenvalue weighted by Gasteiger charge is 2.20. The molecule has 12 heteroatoms. The summed E-state index contributed by atoms with van der Waals surface area (Å²) in [5, 5.41) is 24.8. The minimum absolute atomic E-state index is 0.0450. The van der Waals surface area contributed by atoms with Crippen LogP contribution in [0.4, 0.5) is 17.6 Å². The quantitative estimate of drug-likeness (QED) is 0.250. The standard InChI is InChI=1S/C26H29N9O3/c1-4-12-34-25(37)18-10-11-21(30-23(18)35(34)16(2)3)31-26-27-13-19(24-33-28-15-38-24)22(32-26)29-20(14-36)17-8-6-5-7-9-17/h5-11,13,15-16,20,36H,4,12,14H2,1-3H3,(H2,27,29,30,31,32)/t20-/m1/s1. The molecule has 1 atom stereocenters. The van der Waals surface area contributed by atoms with Crippen molar-refractivity contribution in [1.82, 2.24) is 34.5 Å². The molecule has 0 saturated heterocycles. The molecule has 4 aromatic heterocycles. The molecule has 0 unspecified atom stereocenters. The van der Waals surface area contributed by atoms with Gasteiger partial charge in [-0.1, -0.05) is 37.3 Å². The number of anilines is 3. The van der Waals surface area contributed by atoms with Crippen molar-refractivity contribution in [1.29, 1.82) is 0 Å². The normalized spacial score (nSPS) is 12.2. The van der Waals surface area contributed by atoms with Gasteiger partial charge in [-0.25, -0.2) is 14.6 Å². The lowest BCUT2D eigenvalue weighted by atomic mass is 10.1. The Bertz CT molecular complexity index is 1580. The van der Waals surface area contributed by atoms with Crippen LogP contribution in [0.2, 0.25) is 0 Å². The number of aromatic nitrogens is 7. The molecular weight excluding hydrogens is 486 g/mol. The van der Waals surface area contributed by atoms with Crippen LogP contribution >= 0.6 is 0 Å². The summed E-state index contributed by atoms with van der Waals surface area (Å²) in [6.45, 7) is 6.52. The largest absolute Gasteiger partial charge is 0.423 e. The molecule has 3 N–H and O–H groups in total. The zero-order valence-electron chi connectivity index (χ0n) is 21.4. The number of fused-ring (bicyclic) bond motifs is 1. The summed E-state index contributed by atoms with van der Waals surface area (Å²) in [7, 11) is 0. The lowest BCUT2D eigenvalue weighted by Crippen LogP contribution is -2.24. The van der Waals surface area contributed by atoms with Gasteiger partial charge in [-0.3, -0.25) is 9.48 Å². The summed E-state index contributed by atoms with van der Waals surface area (Å²) in [5.74, 6) is 1.38. The first-order valence-corrected chi connectivity index (χ1v) is 12.4. The fourth-order valence-electron chi connectivity index (χ4n) is 4.35. The summed E-state index contributed by atoms with van der Waals surface area (Å²) < 4.78 is 9.04. The smallest absolute Gasteiger partial charge is 0.276 e. The number of aliphatic hydroxyl groups is 1. The molecule has 0 saturated carbocycles. The Hall–Kier alpha value is -4.58. The third-order valence-corrected chi connectivity index (χ3v) is 6.06. The number of aliphatic hydroxyl groups excluding tert-OH is 1. The average molecular weight is 516 g/mol. The molecule has 0 aliphatic heterocycles. The van der Waals surface area contributed by atoms with Crippen molar-refractivity contribution in [2.24, 2.45) is 0 Å². The summed E-state index contributed by atoms with van der Waals surface area (Å²) >= 11 is 0. The summed E-state index contributed by atoms with van der Waals surface area (Å²) in [6.07, 6.45) is 3.62. The third-order valence-electron chi connectivity index (χ3n) is 6.06. The van der Waals surface area contributed by atoms with Crippen LogP contribution in [0.3, 0.4) is 0 Å². The monoisotopic (exact) mass is 515 g/mol. The molecule has 0 spiro atoms. The van der Waals surface area contributed by atoms with Gasteiger partial charge in [0, 0.05) is 18.8 Å². The van der Waals surface area contributed by atoms with Crippen molar-refractivity contribution in [2.45, 2.75) is 45.8 Å². The number of pyridine rings is 1. The summed E-state index contributed by atoms with van der Waals surface area (Å²) in [5.41, 5.74) is 1.90. The third kappa shape index (κ3) is 4.85. The van der Waals surface area contributed by atoms with E-state index in [1.165, 1.54) is 6.39 Å². The number of nitrogens with zero attached hydrogens (tertiary/aromatic N) is 7. The first-order valence-electron chi connectivity index (χ1n) is 12.4. The fraction of sp³-hybridized carbons (Fsp3) is 0.308. The van der Waals surface area contributed by atoms with Gasteiger partial charge in [0.1, 0.15) is 11.6 Å². The first kappa shape index (κ1) is 25.1. The van der Waals surface area contributed by atoms with Crippen molar-refractivity contribution in [3.63, 3.8) is 0 Å². The van der Waals surface area contributed by atoms with E-state index in [-0.39, 0.29) is 30.0 Å². The van der Waals surface area contributed by atoms with Gasteiger partial charge in [0.2, 0.25) is 12.3 Å². The van der Waals surface area contributed by atoms with Crippen molar-refractivity contribution >= 4 is 28.6 Å². The zero-order chi connectivity index (χ0) is 26.6. The van der Waals surface area contributed by atoms with Gasteiger partial charge in [0.15, 0.2) is 5.65 Å². The molecule has 0 aliphatic carbocycles. The molecular formula is C26H29N9O3. The molecule has 0 fully saturated rings. The van der Waals surface area contributed by atoms with E-state index in [2.05, 4.69) is 30.8 Å². The number of nitrogens with one attached hydrogen (secondary N) is 2. The van der Waals surface area contributed by atoms with Gasteiger partial charge in [0.05, 0.1) is 23.6 Å². The second-order valence-electron chi connectivity index (χ2n) is 9.05. The Morgan fingerprint density at radius 1 is 1.11 bits per heavy atom. The van der Waals surface area contributed by atoms with Crippen LogP contribution < -0.4 is 16.2 Å². The van der Waals surface area contributed by atoms with Crippen LogP contribution in [0, 0.1) is 0 Å². The van der Waals surface area contributed by atoms with Crippen LogP contribution in [0.25, 0.3) is 22.5 Å². The van der Waals surface area contributed by atoms with Crippen molar-refractivity contribution in [3.8, 4) is 11.5 Å². The Labute approximate surface area is 218 Å². The lowest BCUT2D eigenvalue weighted by molar-refractivity contribution is 0.276. The molecule has 5 rings (SSSR count). The Morgan fingerprint density at radius 2 is 1.92 bits per heavy atom. The molecule has 38 heavy (non-hydrogen) atoms. The van der Waals surface area contributed by atoms with E-state index in [4.69, 9.17) is 9.40 Å². The van der Waals surface area contributed by atoms with Gasteiger partial charge in [-0.15, -0.1) is 10.2 Å². The first-order chi connectivity index (χ1) is 18.5. The van der Waals surface area contributed by atoms with Crippen molar-refractivity contribution in [2.75, 3.05) is 17.2 Å². The molecule has 0 amide bonds. The molecule has 5 aromatic rings. The maximum atomic E-state index is 13.0. The number of hydrogen-bond donors (Lipinski definition) is 3. The molecule has 0 bridgehead atoms. The summed E-state index contributed by atoms with van der Waals surface area (Å²) in [4.78, 5) is 26.8. The van der Waals surface area contributed by atoms with Crippen LogP contribution in [-0.2, 0) is 6.54 Å². The molecule has 0 radical (unpaired) electrons. The highest BCUT2D eigenvalue weighted by atomic mass is 16.4. The zero-order valence-corrected chi connectivity index (χ0v) is 21.4. The second kappa shape index (κ2) is 10.8. The van der Waals surface area contributed by atoms with Crippen molar-refractivity contribution < 1.29 is 9.52 Å². The second-order valence-corrected chi connectivity index (χ2v) is 9.05. The van der Waals surface area contributed by atoms with Crippen LogP contribution in [0.5, 0.6) is 0 Å². The Morgan fingerprint density at radius 3 is 2.61 bits per heavy atom. The highest BCUT2D eigenvalue weighted by Crippen LogP contribution is 2.29. The predicted octanol–water partition coefficient (Wildman–Crippen LogP) is 3.92. The van der Waals surface area contributed by atoms with Gasteiger partial charge in [-0.2, -0.15) is 4.98 Å². The van der Waals surface area contributed by atoms with E-state index in [1.807, 2.05) is 55.8 Å². The molecule has 196 valence electrons. The van der Waals surface area contributed by atoms with E-state index in [0.717, 1.165) is 12.0 Å². The van der Waals surface area contributed by atoms with Crippen LogP contribution in [0.1, 0.15) is 44.8 Å². The molecule has 0 aliphatic rings. The lowest BCUT2D eigenvalue weighted by Gasteiger charge is -2.19.